The fraction of sp³-hybridized carbons (Fsp3) is 0.533. The molecule has 2 amide bonds. The van der Waals surface area contributed by atoms with E-state index >= 15 is 0 Å². The lowest BCUT2D eigenvalue weighted by Crippen LogP contribution is -2.46. The monoisotopic (exact) mass is 244 g/mol. The normalized spacial score (nSPS) is 23.2. The second-order valence-corrected chi connectivity index (χ2v) is 5.48. The fourth-order valence-corrected chi connectivity index (χ4v) is 3.19. The van der Waals surface area contributed by atoms with Gasteiger partial charge in [0.05, 0.1) is 0 Å². The molecule has 0 bridgehead atoms. The Morgan fingerprint density at radius 2 is 2.00 bits per heavy atom. The molecule has 1 heterocycles. The summed E-state index contributed by atoms with van der Waals surface area (Å²) in [5, 5.41) is 3.18. The van der Waals surface area contributed by atoms with Crippen LogP contribution in [0.4, 0.5) is 10.5 Å². The van der Waals surface area contributed by atoms with Crippen LogP contribution in [0.5, 0.6) is 0 Å². The van der Waals surface area contributed by atoms with Gasteiger partial charge in [-0.05, 0) is 37.8 Å². The predicted molar refractivity (Wildman–Crippen MR) is 72.9 cm³/mol. The maximum absolute atomic E-state index is 12.4. The minimum absolute atomic E-state index is 0.0827. The number of carbonyl (C=O) groups excluding carboxylic acids is 1. The number of fused-ring (bicyclic) bond motifs is 1. The Hall–Kier alpha value is -1.51. The zero-order valence-corrected chi connectivity index (χ0v) is 10.9. The maximum Gasteiger partial charge on any atom is 0.322 e. The average molecular weight is 244 g/mol. The van der Waals surface area contributed by atoms with E-state index in [9.17, 15) is 4.79 Å². The summed E-state index contributed by atoms with van der Waals surface area (Å²) < 4.78 is 0. The smallest absolute Gasteiger partial charge is 0.322 e. The Labute approximate surface area is 108 Å². The van der Waals surface area contributed by atoms with Gasteiger partial charge in [0, 0.05) is 17.8 Å². The summed E-state index contributed by atoms with van der Waals surface area (Å²) in [6.07, 6.45) is 5.73. The topological polar surface area (TPSA) is 32.3 Å². The molecule has 1 aliphatic heterocycles. The minimum Gasteiger partial charge on any atom is -0.335 e. The van der Waals surface area contributed by atoms with Gasteiger partial charge in [-0.25, -0.2) is 4.79 Å². The Morgan fingerprint density at radius 3 is 2.78 bits per heavy atom. The maximum atomic E-state index is 12.4. The number of anilines is 1. The highest BCUT2D eigenvalue weighted by Crippen LogP contribution is 2.32. The van der Waals surface area contributed by atoms with Crippen molar-refractivity contribution in [1.82, 2.24) is 5.32 Å². The number of carbonyl (C=O) groups is 1. The van der Waals surface area contributed by atoms with E-state index in [0.717, 1.165) is 24.9 Å². The highest BCUT2D eigenvalue weighted by molar-refractivity contribution is 5.95. The zero-order valence-electron chi connectivity index (χ0n) is 10.9. The molecule has 3 rings (SSSR count). The molecule has 0 aromatic heterocycles. The number of benzene rings is 1. The highest BCUT2D eigenvalue weighted by Gasteiger charge is 2.31. The third-order valence-corrected chi connectivity index (χ3v) is 4.11. The molecule has 0 saturated heterocycles. The first-order chi connectivity index (χ1) is 8.75. The number of rotatable bonds is 1. The van der Waals surface area contributed by atoms with Crippen molar-refractivity contribution in [2.75, 3.05) is 4.90 Å². The molecule has 1 aliphatic carbocycles. The largest absolute Gasteiger partial charge is 0.335 e. The highest BCUT2D eigenvalue weighted by atomic mass is 16.2. The number of amides is 2. The summed E-state index contributed by atoms with van der Waals surface area (Å²) in [5.41, 5.74) is 2.37. The first-order valence-electron chi connectivity index (χ1n) is 6.93. The van der Waals surface area contributed by atoms with Crippen LogP contribution >= 0.6 is 0 Å². The first kappa shape index (κ1) is 11.6. The number of para-hydroxylation sites is 1. The van der Waals surface area contributed by atoms with Crippen molar-refractivity contribution in [1.29, 1.82) is 0 Å². The second-order valence-electron chi connectivity index (χ2n) is 5.48. The average Bonchev–Trinajstić information content (AvgIpc) is 2.94. The Bertz CT molecular complexity index is 452. The molecular formula is C15H20N2O. The van der Waals surface area contributed by atoms with Gasteiger partial charge in [-0.3, -0.25) is 4.90 Å². The zero-order chi connectivity index (χ0) is 12.5. The summed E-state index contributed by atoms with van der Waals surface area (Å²) >= 11 is 0. The van der Waals surface area contributed by atoms with Gasteiger partial charge < -0.3 is 5.32 Å². The molecule has 0 unspecified atom stereocenters. The van der Waals surface area contributed by atoms with E-state index in [2.05, 4.69) is 18.3 Å². The molecule has 1 fully saturated rings. The summed E-state index contributed by atoms with van der Waals surface area (Å²) in [4.78, 5) is 14.3. The van der Waals surface area contributed by atoms with Gasteiger partial charge in [-0.15, -0.1) is 0 Å². The fourth-order valence-electron chi connectivity index (χ4n) is 3.19. The summed E-state index contributed by atoms with van der Waals surface area (Å²) in [7, 11) is 0. The summed E-state index contributed by atoms with van der Waals surface area (Å²) in [6.45, 7) is 2.12. The first-order valence-corrected chi connectivity index (χ1v) is 6.93. The van der Waals surface area contributed by atoms with E-state index in [1.807, 2.05) is 23.1 Å². The van der Waals surface area contributed by atoms with E-state index in [-0.39, 0.29) is 12.1 Å². The predicted octanol–water partition coefficient (Wildman–Crippen LogP) is 3.09. The van der Waals surface area contributed by atoms with Gasteiger partial charge in [-0.2, -0.15) is 0 Å². The van der Waals surface area contributed by atoms with E-state index in [1.54, 1.807) is 0 Å². The summed E-state index contributed by atoms with van der Waals surface area (Å²) in [5.74, 6) is 0. The van der Waals surface area contributed by atoms with Gasteiger partial charge in [0.15, 0.2) is 0 Å². The Kier molecular flexibility index (Phi) is 2.98. The van der Waals surface area contributed by atoms with E-state index in [0.29, 0.717) is 6.04 Å². The lowest BCUT2D eigenvalue weighted by molar-refractivity contribution is 0.241. The van der Waals surface area contributed by atoms with Crippen LogP contribution in [-0.4, -0.2) is 18.1 Å². The van der Waals surface area contributed by atoms with Crippen LogP contribution in [0.2, 0.25) is 0 Å². The molecule has 18 heavy (non-hydrogen) atoms. The quantitative estimate of drug-likeness (QED) is 0.809. The van der Waals surface area contributed by atoms with Crippen LogP contribution in [0.15, 0.2) is 24.3 Å². The molecule has 0 spiro atoms. The molecular weight excluding hydrogens is 224 g/mol. The van der Waals surface area contributed by atoms with Gasteiger partial charge in [-0.1, -0.05) is 31.0 Å². The molecule has 2 aliphatic rings. The van der Waals surface area contributed by atoms with Gasteiger partial charge in [0.25, 0.3) is 0 Å². The van der Waals surface area contributed by atoms with Crippen LogP contribution in [0.25, 0.3) is 0 Å². The van der Waals surface area contributed by atoms with Crippen molar-refractivity contribution in [3.8, 4) is 0 Å². The van der Waals surface area contributed by atoms with Gasteiger partial charge in [0.2, 0.25) is 0 Å². The van der Waals surface area contributed by atoms with E-state index < -0.39 is 0 Å². The van der Waals surface area contributed by atoms with Crippen molar-refractivity contribution in [2.45, 2.75) is 51.1 Å². The van der Waals surface area contributed by atoms with Gasteiger partial charge in [0.1, 0.15) is 0 Å². The van der Waals surface area contributed by atoms with Crippen molar-refractivity contribution in [2.24, 2.45) is 0 Å². The van der Waals surface area contributed by atoms with Crippen LogP contribution in [0.1, 0.15) is 38.2 Å². The van der Waals surface area contributed by atoms with Crippen molar-refractivity contribution < 1.29 is 4.79 Å². The van der Waals surface area contributed by atoms with Crippen LogP contribution < -0.4 is 10.2 Å². The number of hydrogen-bond acceptors (Lipinski definition) is 1. The number of nitrogens with one attached hydrogen (secondary N) is 1. The van der Waals surface area contributed by atoms with Crippen molar-refractivity contribution in [3.05, 3.63) is 29.8 Å². The number of nitrogens with zero attached hydrogens (tertiary/aromatic N) is 1. The van der Waals surface area contributed by atoms with Gasteiger partial charge >= 0.3 is 6.03 Å². The number of hydrogen-bond donors (Lipinski definition) is 1. The molecule has 1 aromatic carbocycles. The number of urea groups is 1. The third-order valence-electron chi connectivity index (χ3n) is 4.11. The molecule has 3 nitrogen and oxygen atoms in total. The lowest BCUT2D eigenvalue weighted by atomic mass is 10.1. The lowest BCUT2D eigenvalue weighted by Gasteiger charge is -2.25. The molecule has 1 saturated carbocycles. The third kappa shape index (κ3) is 1.98. The molecule has 1 aromatic rings. The van der Waals surface area contributed by atoms with Crippen molar-refractivity contribution >= 4 is 11.7 Å². The molecule has 3 heteroatoms. The van der Waals surface area contributed by atoms with Crippen LogP contribution in [-0.2, 0) is 6.42 Å². The standard InChI is InChI=1S/C15H20N2O/c1-11-10-12-6-2-5-9-14(12)17(11)15(18)16-13-7-3-4-8-13/h2,5-6,9,11,13H,3-4,7-8,10H2,1H3,(H,16,18)/t11-/m0/s1. The summed E-state index contributed by atoms with van der Waals surface area (Å²) in [6, 6.07) is 8.96. The Balaban J connectivity index is 1.77. The molecule has 96 valence electrons. The van der Waals surface area contributed by atoms with Crippen LogP contribution in [0, 0.1) is 0 Å². The SMILES string of the molecule is C[C@H]1Cc2ccccc2N1C(=O)NC1CCCC1. The minimum atomic E-state index is 0.0827. The van der Waals surface area contributed by atoms with E-state index in [4.69, 9.17) is 0 Å². The molecule has 0 radical (unpaired) electrons. The molecule has 1 N–H and O–H groups in total. The van der Waals surface area contributed by atoms with Crippen molar-refractivity contribution in [3.63, 3.8) is 0 Å². The molecule has 1 atom stereocenters. The van der Waals surface area contributed by atoms with Crippen LogP contribution in [0.3, 0.4) is 0 Å². The van der Waals surface area contributed by atoms with E-state index in [1.165, 1.54) is 18.4 Å². The second kappa shape index (κ2) is 4.63. The Morgan fingerprint density at radius 1 is 1.28 bits per heavy atom.